The lowest BCUT2D eigenvalue weighted by Crippen LogP contribution is -1.40. The molecule has 1 radical (unpaired) electrons. The fourth-order valence-electron chi connectivity index (χ4n) is 0.0358. The minimum atomic E-state index is 2.13. The molecule has 0 heterocycles. The molecule has 0 fully saturated rings. The minimum Gasteiger partial charge on any atom is -0.360 e. The highest BCUT2D eigenvalue weighted by molar-refractivity contribution is 4.06. The fourth-order valence-corrected chi connectivity index (χ4v) is 0.0358. The van der Waals surface area contributed by atoms with Gasteiger partial charge >= 0.3 is 0 Å². The third-order valence-electron chi connectivity index (χ3n) is 0.120. The van der Waals surface area contributed by atoms with Crippen molar-refractivity contribution in [3.05, 3.63) is 5.53 Å². The summed E-state index contributed by atoms with van der Waals surface area (Å²) >= 11 is 0. The topological polar surface area (TPSA) is 94.0 Å². The second-order valence-corrected chi connectivity index (χ2v) is 0.358. The van der Waals surface area contributed by atoms with Gasteiger partial charge in [-0.25, -0.2) is 5.22 Å². The maximum atomic E-state index is 7.39. The van der Waals surface area contributed by atoms with E-state index in [-0.39, 0.29) is 0 Å². The van der Waals surface area contributed by atoms with Crippen LogP contribution >= 0.6 is 0 Å². The number of rotatable bonds is 2. The molecule has 0 saturated heterocycles. The van der Waals surface area contributed by atoms with E-state index in [1.54, 1.807) is 0 Å². The molecule has 0 aromatic carbocycles. The van der Waals surface area contributed by atoms with Gasteiger partial charge in [0.1, 0.15) is 0 Å². The summed E-state index contributed by atoms with van der Waals surface area (Å²) in [5.74, 6) is 0. The quantitative estimate of drug-likeness (QED) is 0.345. The molecule has 0 N–H and O–H groups in total. The average Bonchev–Trinajstić information content (AvgIpc) is 1.61. The Morgan fingerprint density at radius 1 is 1.33 bits per heavy atom. The first-order chi connectivity index (χ1) is 2.91. The van der Waals surface area contributed by atoms with Crippen LogP contribution in [0.5, 0.6) is 0 Å². The van der Waals surface area contributed by atoms with E-state index in [1.807, 2.05) is 0 Å². The minimum absolute atomic E-state index is 2.13. The van der Waals surface area contributed by atoms with Gasteiger partial charge in [0.2, 0.25) is 0 Å². The van der Waals surface area contributed by atoms with Gasteiger partial charge in [-0.2, -0.15) is 0 Å². The van der Waals surface area contributed by atoms with Crippen molar-refractivity contribution in [2.24, 2.45) is 20.9 Å². The van der Waals surface area contributed by atoms with Crippen LogP contribution < -0.4 is 5.53 Å². The van der Waals surface area contributed by atoms with Gasteiger partial charge in [0.15, 0.2) is 0 Å². The molecule has 0 aliphatic rings. The van der Waals surface area contributed by atoms with Crippen molar-refractivity contribution in [1.29, 1.82) is 0 Å². The number of hydrogen-bond donors (Lipinski definition) is 0. The summed E-state index contributed by atoms with van der Waals surface area (Å²) in [6.07, 6.45) is 0. The van der Waals surface area contributed by atoms with Crippen molar-refractivity contribution >= 4 is 0 Å². The van der Waals surface area contributed by atoms with Crippen molar-refractivity contribution < 1.29 is 0 Å². The van der Waals surface area contributed by atoms with E-state index in [2.05, 4.69) is 20.9 Å². The van der Waals surface area contributed by atoms with Crippen molar-refractivity contribution in [3.8, 4) is 0 Å². The summed E-state index contributed by atoms with van der Waals surface area (Å²) in [5, 5.41) is 9.22. The molecule has 0 saturated carbocycles. The molecule has 0 aliphatic carbocycles. The van der Waals surface area contributed by atoms with E-state index >= 15 is 0 Å². The van der Waals surface area contributed by atoms with Gasteiger partial charge in [-0.05, 0) is 10.8 Å². The first-order valence-corrected chi connectivity index (χ1v) is 1.000. The van der Waals surface area contributed by atoms with Gasteiger partial charge in [0.25, 0.3) is 0 Å². The van der Waals surface area contributed by atoms with E-state index in [9.17, 15) is 0 Å². The van der Waals surface area contributed by atoms with Gasteiger partial charge < -0.3 is 5.53 Å². The van der Waals surface area contributed by atoms with Crippen molar-refractivity contribution in [3.63, 3.8) is 0 Å². The molecule has 6 heavy (non-hydrogen) atoms. The molecule has 0 rings (SSSR count). The second-order valence-electron chi connectivity index (χ2n) is 0.358. The summed E-state index contributed by atoms with van der Waals surface area (Å²) in [6.45, 7) is 0. The zero-order valence-corrected chi connectivity index (χ0v) is 2.68. The highest BCUT2D eigenvalue weighted by Crippen LogP contribution is 1.71. The molecule has 0 bridgehead atoms. The van der Waals surface area contributed by atoms with Crippen LogP contribution in [0, 0.1) is 0 Å². The average molecular weight is 84.0 g/mol. The van der Waals surface area contributed by atoms with Gasteiger partial charge in [0.05, 0.1) is 0 Å². The van der Waals surface area contributed by atoms with Crippen LogP contribution in [0.1, 0.15) is 0 Å². The molecule has 6 nitrogen and oxygen atoms in total. The largest absolute Gasteiger partial charge is 0.360 e. The fraction of sp³-hybridized carbons (Fsp3) is 0. The summed E-state index contributed by atoms with van der Waals surface area (Å²) < 4.78 is 0. The van der Waals surface area contributed by atoms with Gasteiger partial charge in [0, 0.05) is 0 Å². The molecule has 0 aromatic rings. The van der Waals surface area contributed by atoms with E-state index in [1.165, 1.54) is 0 Å². The molecule has 0 aromatic heterocycles. The molecule has 0 spiro atoms. The second kappa shape index (κ2) is 3.80. The van der Waals surface area contributed by atoms with Crippen LogP contribution in [-0.4, -0.2) is 0 Å². The third kappa shape index (κ3) is 2.80. The molecular formula is N6-. The normalized spacial score (nSPS) is 8.67. The van der Waals surface area contributed by atoms with E-state index in [0.717, 1.165) is 0 Å². The van der Waals surface area contributed by atoms with Crippen molar-refractivity contribution in [2.45, 2.75) is 0 Å². The van der Waals surface area contributed by atoms with Gasteiger partial charge in [-0.15, -0.1) is 5.22 Å². The zero-order chi connectivity index (χ0) is 4.83. The van der Waals surface area contributed by atoms with Crippen LogP contribution in [0.15, 0.2) is 20.9 Å². The molecule has 6 heteroatoms. The Kier molecular flexibility index (Phi) is 3.04. The molecule has 0 aliphatic heterocycles. The van der Waals surface area contributed by atoms with Crippen molar-refractivity contribution in [1.82, 2.24) is 5.53 Å². The Bertz CT molecular complexity index is 58.1. The third-order valence-corrected chi connectivity index (χ3v) is 0.120. The summed E-state index contributed by atoms with van der Waals surface area (Å²) in [6, 6.07) is 0. The number of nitrogens with zero attached hydrogens (tertiary/aromatic N) is 6. The Morgan fingerprint density at radius 3 is 2.17 bits per heavy atom. The highest BCUT2D eigenvalue weighted by atomic mass is 15.5. The first-order valence-electron chi connectivity index (χ1n) is 1.000. The van der Waals surface area contributed by atoms with Crippen LogP contribution in [0.4, 0.5) is 0 Å². The Balaban J connectivity index is 3.17. The van der Waals surface area contributed by atoms with Crippen LogP contribution in [-0.2, 0) is 0 Å². The van der Waals surface area contributed by atoms with Crippen LogP contribution in [0.2, 0.25) is 0 Å². The smallest absolute Gasteiger partial charge is 0.00165 e. The lowest BCUT2D eigenvalue weighted by molar-refractivity contribution is 0.898. The van der Waals surface area contributed by atoms with Crippen LogP contribution in [0.3, 0.4) is 0 Å². The maximum absolute atomic E-state index is 7.39. The standard InChI is InChI=1S/N6/c1-3-5-6-4-2/q-1/b6-5+. The summed E-state index contributed by atoms with van der Waals surface area (Å²) in [5.41, 5.74) is 14.8. The first kappa shape index (κ1) is 4.80. The van der Waals surface area contributed by atoms with Gasteiger partial charge in [-0.1, -0.05) is 0 Å². The molecule has 31 valence electrons. The predicted molar refractivity (Wildman–Crippen MR) is 15.2 cm³/mol. The Hall–Kier alpha value is -1.20. The molecular weight excluding hydrogens is 84.0 g/mol. The Morgan fingerprint density at radius 2 is 2.00 bits per heavy atom. The Labute approximate surface area is 33.2 Å². The van der Waals surface area contributed by atoms with E-state index < -0.39 is 0 Å². The monoisotopic (exact) mass is 84.0 g/mol. The lowest BCUT2D eigenvalue weighted by Gasteiger charge is -1.72. The summed E-state index contributed by atoms with van der Waals surface area (Å²) in [4.78, 5) is 0. The van der Waals surface area contributed by atoms with Gasteiger partial charge in [-0.3, -0.25) is 5.22 Å². The van der Waals surface area contributed by atoms with E-state index in [0.29, 0.717) is 0 Å². The molecule has 0 amide bonds. The zero-order valence-electron chi connectivity index (χ0n) is 2.68. The molecule has 0 atom stereocenters. The highest BCUT2D eigenvalue weighted by Gasteiger charge is 1.39. The number of hydrogen-bond acceptors (Lipinski definition) is 0. The molecule has 0 unspecified atom stereocenters. The lowest BCUT2D eigenvalue weighted by atomic mass is 12.5. The van der Waals surface area contributed by atoms with Crippen molar-refractivity contribution in [2.75, 3.05) is 0 Å². The SMILES string of the molecule is [N]=N/N=N/N=[N-]. The summed E-state index contributed by atoms with van der Waals surface area (Å²) in [7, 11) is 0. The maximum Gasteiger partial charge on any atom is -0.00165 e. The van der Waals surface area contributed by atoms with E-state index in [4.69, 9.17) is 11.1 Å². The van der Waals surface area contributed by atoms with Crippen LogP contribution in [0.25, 0.3) is 5.53 Å². The predicted octanol–water partition coefficient (Wildman–Crippen LogP) is 0.542.